The summed E-state index contributed by atoms with van der Waals surface area (Å²) in [6.45, 7) is 0.195. The highest BCUT2D eigenvalue weighted by Crippen LogP contribution is 2.32. The molecule has 0 radical (unpaired) electrons. The maximum Gasteiger partial charge on any atom is 0.257 e. The van der Waals surface area contributed by atoms with Gasteiger partial charge in [-0.1, -0.05) is 0 Å². The van der Waals surface area contributed by atoms with Crippen molar-refractivity contribution >= 4 is 23.4 Å². The quantitative estimate of drug-likeness (QED) is 0.712. The Balaban J connectivity index is 1.52. The van der Waals surface area contributed by atoms with Crippen molar-refractivity contribution in [3.05, 3.63) is 59.2 Å². The third kappa shape index (κ3) is 4.86. The highest BCUT2D eigenvalue weighted by atomic mass is 19.2. The molecule has 8 nitrogen and oxygen atoms in total. The number of likely N-dealkylation sites (N-methyl/N-ethyl adjacent to an activating group) is 1. The molecule has 2 aliphatic heterocycles. The van der Waals surface area contributed by atoms with Crippen molar-refractivity contribution in [2.45, 2.75) is 37.5 Å². The number of carbonyl (C=O) groups excluding carboxylic acids is 3. The number of fused-ring (bicyclic) bond motifs is 2. The first-order valence-electron chi connectivity index (χ1n) is 10.9. The Bertz CT molecular complexity index is 1130. The molecule has 2 aliphatic rings. The van der Waals surface area contributed by atoms with E-state index in [4.69, 9.17) is 9.47 Å². The molecule has 2 heterocycles. The van der Waals surface area contributed by atoms with Crippen LogP contribution >= 0.6 is 0 Å². The van der Waals surface area contributed by atoms with Gasteiger partial charge >= 0.3 is 0 Å². The van der Waals surface area contributed by atoms with Crippen LogP contribution in [-0.4, -0.2) is 61.6 Å². The molecule has 4 rings (SSSR count). The highest BCUT2D eigenvalue weighted by Gasteiger charge is 2.39. The number of halogens is 2. The topological polar surface area (TPSA) is 97.0 Å². The van der Waals surface area contributed by atoms with Crippen LogP contribution in [-0.2, 0) is 9.53 Å². The van der Waals surface area contributed by atoms with Crippen molar-refractivity contribution in [1.82, 2.24) is 10.2 Å². The Morgan fingerprint density at radius 2 is 1.91 bits per heavy atom. The van der Waals surface area contributed by atoms with Gasteiger partial charge in [0.15, 0.2) is 11.6 Å². The summed E-state index contributed by atoms with van der Waals surface area (Å²) >= 11 is 0. The molecule has 10 heteroatoms. The molecule has 2 N–H and O–H groups in total. The van der Waals surface area contributed by atoms with Crippen molar-refractivity contribution in [3.63, 3.8) is 0 Å². The van der Waals surface area contributed by atoms with E-state index in [0.29, 0.717) is 24.3 Å². The van der Waals surface area contributed by atoms with E-state index in [1.807, 2.05) is 0 Å². The molecule has 3 amide bonds. The minimum atomic E-state index is -1.13. The van der Waals surface area contributed by atoms with E-state index >= 15 is 0 Å². The van der Waals surface area contributed by atoms with E-state index in [0.717, 1.165) is 12.1 Å². The fourth-order valence-electron chi connectivity index (χ4n) is 4.25. The number of amides is 3. The van der Waals surface area contributed by atoms with Crippen molar-refractivity contribution < 1.29 is 32.6 Å². The number of rotatable bonds is 4. The van der Waals surface area contributed by atoms with E-state index in [1.165, 1.54) is 12.1 Å². The molecule has 2 aromatic rings. The number of anilines is 1. The van der Waals surface area contributed by atoms with E-state index < -0.39 is 23.6 Å². The second-order valence-electron chi connectivity index (χ2n) is 8.34. The van der Waals surface area contributed by atoms with Gasteiger partial charge in [-0.3, -0.25) is 14.4 Å². The molecule has 0 bridgehead atoms. The molecule has 1 fully saturated rings. The van der Waals surface area contributed by atoms with Crippen molar-refractivity contribution in [2.24, 2.45) is 0 Å². The Hall–Kier alpha value is -3.53. The number of carbonyl (C=O) groups is 3. The summed E-state index contributed by atoms with van der Waals surface area (Å²) in [5, 5.41) is 5.19. The van der Waals surface area contributed by atoms with Gasteiger partial charge in [-0.25, -0.2) is 8.78 Å². The molecule has 3 atom stereocenters. The lowest BCUT2D eigenvalue weighted by Gasteiger charge is -2.42. The molecular weight excluding hydrogens is 448 g/mol. The van der Waals surface area contributed by atoms with Gasteiger partial charge in [-0.15, -0.1) is 0 Å². The van der Waals surface area contributed by atoms with Crippen LogP contribution < -0.4 is 15.4 Å². The lowest BCUT2D eigenvalue weighted by Crippen LogP contribution is -2.53. The summed E-state index contributed by atoms with van der Waals surface area (Å²) in [5.74, 6) is -2.90. The van der Waals surface area contributed by atoms with Gasteiger partial charge in [0.05, 0.1) is 24.1 Å². The minimum absolute atomic E-state index is 0.0566. The molecule has 0 saturated carbocycles. The molecule has 180 valence electrons. The van der Waals surface area contributed by atoms with Gasteiger partial charge in [0.2, 0.25) is 5.91 Å². The lowest BCUT2D eigenvalue weighted by atomic mass is 9.94. The fraction of sp³-hybridized carbons (Fsp3) is 0.375. The average Bonchev–Trinajstić information content (AvgIpc) is 2.83. The monoisotopic (exact) mass is 473 g/mol. The first kappa shape index (κ1) is 23.6. The highest BCUT2D eigenvalue weighted by molar-refractivity contribution is 6.05. The maximum absolute atomic E-state index is 13.5. The summed E-state index contributed by atoms with van der Waals surface area (Å²) < 4.78 is 38.6. The third-order valence-corrected chi connectivity index (χ3v) is 6.14. The molecule has 0 unspecified atom stereocenters. The maximum atomic E-state index is 13.5. The summed E-state index contributed by atoms with van der Waals surface area (Å²) in [7, 11) is 3.26. The third-order valence-electron chi connectivity index (χ3n) is 6.14. The second kappa shape index (κ2) is 9.76. The SMILES string of the molecule is CNC(=O)C[C@@H]1CC[C@H]2[C@@H](COc3ccc(NC(=O)c4ccc(F)c(F)c4)cc3C(=O)N2C)O1. The van der Waals surface area contributed by atoms with Crippen LogP contribution in [0.5, 0.6) is 5.75 Å². The van der Waals surface area contributed by atoms with Gasteiger partial charge in [-0.05, 0) is 49.2 Å². The van der Waals surface area contributed by atoms with E-state index in [2.05, 4.69) is 10.6 Å². The average molecular weight is 473 g/mol. The van der Waals surface area contributed by atoms with Gasteiger partial charge < -0.3 is 25.0 Å². The Labute approximate surface area is 195 Å². The van der Waals surface area contributed by atoms with Crippen LogP contribution in [0.15, 0.2) is 36.4 Å². The number of nitrogens with one attached hydrogen (secondary N) is 2. The summed E-state index contributed by atoms with van der Waals surface area (Å²) in [6.07, 6.45) is 0.886. The van der Waals surface area contributed by atoms with E-state index in [-0.39, 0.29) is 48.1 Å². The number of hydrogen-bond acceptors (Lipinski definition) is 5. The zero-order valence-corrected chi connectivity index (χ0v) is 18.8. The van der Waals surface area contributed by atoms with Crippen LogP contribution in [0.3, 0.4) is 0 Å². The second-order valence-corrected chi connectivity index (χ2v) is 8.34. The number of nitrogens with zero attached hydrogens (tertiary/aromatic N) is 1. The molecule has 0 aromatic heterocycles. The first-order chi connectivity index (χ1) is 16.3. The Kier molecular flexibility index (Phi) is 6.78. The minimum Gasteiger partial charge on any atom is -0.490 e. The van der Waals surface area contributed by atoms with Crippen LogP contribution in [0.2, 0.25) is 0 Å². The van der Waals surface area contributed by atoms with Crippen LogP contribution in [0.1, 0.15) is 40.0 Å². The molecule has 0 aliphatic carbocycles. The number of benzene rings is 2. The number of hydrogen-bond donors (Lipinski definition) is 2. The predicted octanol–water partition coefficient (Wildman–Crippen LogP) is 2.73. The normalized spacial score (nSPS) is 21.9. The standard InChI is InChI=1S/C24H25F2N3O5/c1-27-22(30)11-15-5-7-19-21(34-15)12-33-20-8-4-14(10-16(20)24(32)29(19)2)28-23(31)13-3-6-17(25)18(26)9-13/h3-4,6,8-10,15,19,21H,5,7,11-12H2,1-2H3,(H,27,30)(H,28,31)/t15-,19-,21+/m0/s1. The van der Waals surface area contributed by atoms with Crippen LogP contribution in [0.25, 0.3) is 0 Å². The first-order valence-corrected chi connectivity index (χ1v) is 10.9. The summed E-state index contributed by atoms with van der Waals surface area (Å²) in [5.41, 5.74) is 0.511. The van der Waals surface area contributed by atoms with Crippen molar-refractivity contribution in [1.29, 1.82) is 0 Å². The van der Waals surface area contributed by atoms with Gasteiger partial charge in [0, 0.05) is 25.3 Å². The van der Waals surface area contributed by atoms with Gasteiger partial charge in [0.1, 0.15) is 18.5 Å². The zero-order valence-electron chi connectivity index (χ0n) is 18.8. The molecule has 34 heavy (non-hydrogen) atoms. The fourth-order valence-corrected chi connectivity index (χ4v) is 4.25. The van der Waals surface area contributed by atoms with Crippen molar-refractivity contribution in [3.8, 4) is 5.75 Å². The van der Waals surface area contributed by atoms with E-state index in [9.17, 15) is 23.2 Å². The largest absolute Gasteiger partial charge is 0.490 e. The van der Waals surface area contributed by atoms with Gasteiger partial charge in [0.25, 0.3) is 11.8 Å². The van der Waals surface area contributed by atoms with Crippen molar-refractivity contribution in [2.75, 3.05) is 26.0 Å². The Morgan fingerprint density at radius 3 is 2.65 bits per heavy atom. The molecule has 2 aromatic carbocycles. The summed E-state index contributed by atoms with van der Waals surface area (Å²) in [4.78, 5) is 39.0. The lowest BCUT2D eigenvalue weighted by molar-refractivity contribution is -0.133. The Morgan fingerprint density at radius 1 is 1.12 bits per heavy atom. The molecule has 1 saturated heterocycles. The number of ether oxygens (including phenoxy) is 2. The zero-order chi connectivity index (χ0) is 24.4. The smallest absolute Gasteiger partial charge is 0.257 e. The summed E-state index contributed by atoms with van der Waals surface area (Å²) in [6, 6.07) is 7.22. The molecular formula is C24H25F2N3O5. The van der Waals surface area contributed by atoms with Gasteiger partial charge in [-0.2, -0.15) is 0 Å². The van der Waals surface area contributed by atoms with Crippen LogP contribution in [0.4, 0.5) is 14.5 Å². The molecule has 0 spiro atoms. The van der Waals surface area contributed by atoms with Crippen LogP contribution in [0, 0.1) is 11.6 Å². The van der Waals surface area contributed by atoms with E-state index in [1.54, 1.807) is 31.1 Å². The predicted molar refractivity (Wildman–Crippen MR) is 119 cm³/mol.